The molecular formula is C21H20N2O3S2. The number of ether oxygens (including phenoxy) is 1. The number of benzene rings is 2. The molecule has 28 heavy (non-hydrogen) atoms. The summed E-state index contributed by atoms with van der Waals surface area (Å²) in [7, 11) is 1.69. The Labute approximate surface area is 172 Å². The number of carbonyl (C=O) groups excluding carboxylic acids is 2. The molecule has 3 rings (SSSR count). The van der Waals surface area contributed by atoms with Gasteiger partial charge in [-0.1, -0.05) is 24.3 Å². The molecule has 1 heterocycles. The number of nitrogens with zero attached hydrogens (tertiary/aromatic N) is 2. The van der Waals surface area contributed by atoms with Gasteiger partial charge in [0.25, 0.3) is 5.91 Å². The Bertz CT molecular complexity index is 963. The second kappa shape index (κ2) is 9.52. The van der Waals surface area contributed by atoms with E-state index in [2.05, 4.69) is 4.98 Å². The first-order valence-corrected chi connectivity index (χ1v) is 10.7. The standard InChI is InChI=1S/C21H20N2O3S2/c1-23(13-15-7-9-16(27-2)10-8-15)20(24)14-26-21(25)12-11-19-22-17-5-3-4-6-18(17)28-19/h3-12H,13-14H2,1-2H3/b12-11+. The average Bonchev–Trinajstić information content (AvgIpc) is 3.14. The maximum Gasteiger partial charge on any atom is 0.331 e. The molecule has 2 aromatic carbocycles. The van der Waals surface area contributed by atoms with Crippen LogP contribution < -0.4 is 0 Å². The van der Waals surface area contributed by atoms with Gasteiger partial charge in [0.1, 0.15) is 5.01 Å². The molecule has 5 nitrogen and oxygen atoms in total. The summed E-state index contributed by atoms with van der Waals surface area (Å²) < 4.78 is 6.11. The fourth-order valence-corrected chi connectivity index (χ4v) is 3.76. The van der Waals surface area contributed by atoms with Crippen molar-refractivity contribution in [3.8, 4) is 0 Å². The Morgan fingerprint density at radius 1 is 1.18 bits per heavy atom. The van der Waals surface area contributed by atoms with E-state index in [9.17, 15) is 9.59 Å². The van der Waals surface area contributed by atoms with E-state index in [0.29, 0.717) is 6.54 Å². The van der Waals surface area contributed by atoms with Crippen LogP contribution in [-0.2, 0) is 20.9 Å². The lowest BCUT2D eigenvalue weighted by atomic mass is 10.2. The second-order valence-electron chi connectivity index (χ2n) is 6.06. The third-order valence-corrected chi connectivity index (χ3v) is 5.76. The second-order valence-corrected chi connectivity index (χ2v) is 8.00. The van der Waals surface area contributed by atoms with E-state index in [1.807, 2.05) is 54.8 Å². The fourth-order valence-electron chi connectivity index (χ4n) is 2.48. The SMILES string of the molecule is CSc1ccc(CN(C)C(=O)COC(=O)/C=C/c2nc3ccccc3s2)cc1. The minimum Gasteiger partial charge on any atom is -0.452 e. The van der Waals surface area contributed by atoms with Gasteiger partial charge in [0.05, 0.1) is 10.2 Å². The van der Waals surface area contributed by atoms with Gasteiger partial charge in [-0.2, -0.15) is 0 Å². The number of thiazole rings is 1. The summed E-state index contributed by atoms with van der Waals surface area (Å²) in [6.45, 7) is 0.176. The van der Waals surface area contributed by atoms with E-state index in [4.69, 9.17) is 4.74 Å². The highest BCUT2D eigenvalue weighted by molar-refractivity contribution is 7.98. The number of carbonyl (C=O) groups is 2. The van der Waals surface area contributed by atoms with Crippen molar-refractivity contribution in [2.24, 2.45) is 0 Å². The van der Waals surface area contributed by atoms with Crippen molar-refractivity contribution < 1.29 is 14.3 Å². The Morgan fingerprint density at radius 3 is 2.64 bits per heavy atom. The zero-order chi connectivity index (χ0) is 19.9. The lowest BCUT2D eigenvalue weighted by molar-refractivity contribution is -0.147. The van der Waals surface area contributed by atoms with Gasteiger partial charge in [0, 0.05) is 24.6 Å². The molecule has 0 atom stereocenters. The molecule has 0 radical (unpaired) electrons. The Balaban J connectivity index is 1.48. The first-order chi connectivity index (χ1) is 13.5. The van der Waals surface area contributed by atoms with E-state index in [1.165, 1.54) is 22.3 Å². The topological polar surface area (TPSA) is 59.5 Å². The van der Waals surface area contributed by atoms with Gasteiger partial charge in [0.2, 0.25) is 0 Å². The Kier molecular flexibility index (Phi) is 6.84. The molecule has 0 aliphatic rings. The van der Waals surface area contributed by atoms with Crippen LogP contribution in [0, 0.1) is 0 Å². The lowest BCUT2D eigenvalue weighted by Gasteiger charge is -2.17. The molecule has 1 amide bonds. The molecule has 0 aliphatic heterocycles. The van der Waals surface area contributed by atoms with Crippen LogP contribution in [0.3, 0.4) is 0 Å². The largest absolute Gasteiger partial charge is 0.452 e. The van der Waals surface area contributed by atoms with Crippen molar-refractivity contribution in [3.63, 3.8) is 0 Å². The molecular weight excluding hydrogens is 392 g/mol. The predicted molar refractivity (Wildman–Crippen MR) is 114 cm³/mol. The number of hydrogen-bond donors (Lipinski definition) is 0. The highest BCUT2D eigenvalue weighted by Crippen LogP contribution is 2.22. The maximum atomic E-state index is 12.2. The van der Waals surface area contributed by atoms with Gasteiger partial charge in [-0.25, -0.2) is 9.78 Å². The van der Waals surface area contributed by atoms with Crippen LogP contribution in [0.1, 0.15) is 10.6 Å². The normalized spacial score (nSPS) is 11.1. The van der Waals surface area contributed by atoms with Gasteiger partial charge in [-0.05, 0) is 42.2 Å². The van der Waals surface area contributed by atoms with Crippen molar-refractivity contribution in [1.82, 2.24) is 9.88 Å². The zero-order valence-electron chi connectivity index (χ0n) is 15.6. The molecule has 0 bridgehead atoms. The number of aromatic nitrogens is 1. The first-order valence-electron chi connectivity index (χ1n) is 8.62. The molecule has 0 saturated carbocycles. The molecule has 0 unspecified atom stereocenters. The molecule has 1 aromatic heterocycles. The maximum absolute atomic E-state index is 12.2. The summed E-state index contributed by atoms with van der Waals surface area (Å²) in [5.41, 5.74) is 1.92. The van der Waals surface area contributed by atoms with Crippen LogP contribution in [0.4, 0.5) is 0 Å². The van der Waals surface area contributed by atoms with Gasteiger partial charge in [-0.15, -0.1) is 23.1 Å². The molecule has 0 spiro atoms. The van der Waals surface area contributed by atoms with Crippen molar-refractivity contribution in [1.29, 1.82) is 0 Å². The van der Waals surface area contributed by atoms with E-state index in [0.717, 1.165) is 20.8 Å². The summed E-state index contributed by atoms with van der Waals surface area (Å²) in [4.78, 5) is 31.2. The smallest absolute Gasteiger partial charge is 0.331 e. The van der Waals surface area contributed by atoms with Gasteiger partial charge in [-0.3, -0.25) is 4.79 Å². The summed E-state index contributed by atoms with van der Waals surface area (Å²) in [5.74, 6) is -0.819. The number of thioether (sulfide) groups is 1. The van der Waals surface area contributed by atoms with Crippen LogP contribution >= 0.6 is 23.1 Å². The van der Waals surface area contributed by atoms with Crippen LogP contribution in [0.2, 0.25) is 0 Å². The molecule has 0 fully saturated rings. The van der Waals surface area contributed by atoms with E-state index in [1.54, 1.807) is 29.8 Å². The Hall–Kier alpha value is -2.64. The lowest BCUT2D eigenvalue weighted by Crippen LogP contribution is -2.30. The van der Waals surface area contributed by atoms with Crippen LogP contribution in [-0.4, -0.2) is 41.7 Å². The number of hydrogen-bond acceptors (Lipinski definition) is 6. The van der Waals surface area contributed by atoms with Gasteiger partial charge >= 0.3 is 5.97 Å². The van der Waals surface area contributed by atoms with Crippen LogP contribution in [0.15, 0.2) is 59.5 Å². The molecule has 3 aromatic rings. The average molecular weight is 413 g/mol. The number of rotatable bonds is 7. The van der Waals surface area contributed by atoms with Crippen LogP contribution in [0.5, 0.6) is 0 Å². The summed E-state index contributed by atoms with van der Waals surface area (Å²) in [5, 5.41) is 0.718. The highest BCUT2D eigenvalue weighted by atomic mass is 32.2. The van der Waals surface area contributed by atoms with E-state index in [-0.39, 0.29) is 12.5 Å². The molecule has 7 heteroatoms. The van der Waals surface area contributed by atoms with Crippen molar-refractivity contribution in [2.75, 3.05) is 19.9 Å². The van der Waals surface area contributed by atoms with Crippen molar-refractivity contribution in [2.45, 2.75) is 11.4 Å². The summed E-state index contributed by atoms with van der Waals surface area (Å²) in [6, 6.07) is 15.8. The fraction of sp³-hybridized carbons (Fsp3) is 0.190. The highest BCUT2D eigenvalue weighted by Gasteiger charge is 2.11. The van der Waals surface area contributed by atoms with Gasteiger partial charge in [0.15, 0.2) is 6.61 Å². The van der Waals surface area contributed by atoms with Gasteiger partial charge < -0.3 is 9.64 Å². The first kappa shape index (κ1) is 20.1. The van der Waals surface area contributed by atoms with Crippen molar-refractivity contribution in [3.05, 3.63) is 65.2 Å². The minimum atomic E-state index is -0.565. The predicted octanol–water partition coefficient (Wildman–Crippen LogP) is 4.23. The summed E-state index contributed by atoms with van der Waals surface area (Å²) in [6.07, 6.45) is 4.92. The minimum absolute atomic E-state index is 0.254. The molecule has 0 N–H and O–H groups in total. The quantitative estimate of drug-likeness (QED) is 0.330. The summed E-state index contributed by atoms with van der Waals surface area (Å²) >= 11 is 3.16. The number of likely N-dealkylation sites (N-methyl/N-ethyl adjacent to an activating group) is 1. The molecule has 0 aliphatic carbocycles. The number of para-hydroxylation sites is 1. The van der Waals surface area contributed by atoms with Crippen LogP contribution in [0.25, 0.3) is 16.3 Å². The molecule has 144 valence electrons. The number of esters is 1. The number of amides is 1. The molecule has 0 saturated heterocycles. The third kappa shape index (κ3) is 5.43. The zero-order valence-corrected chi connectivity index (χ0v) is 17.3. The number of fused-ring (bicyclic) bond motifs is 1. The third-order valence-electron chi connectivity index (χ3n) is 4.01. The van der Waals surface area contributed by atoms with E-state index < -0.39 is 5.97 Å². The van der Waals surface area contributed by atoms with Crippen molar-refractivity contribution >= 4 is 51.3 Å². The monoisotopic (exact) mass is 412 g/mol. The Morgan fingerprint density at radius 2 is 1.93 bits per heavy atom. The van der Waals surface area contributed by atoms with E-state index >= 15 is 0 Å².